The second-order valence-corrected chi connectivity index (χ2v) is 6.28. The van der Waals surface area contributed by atoms with Gasteiger partial charge in [-0.3, -0.25) is 4.90 Å². The van der Waals surface area contributed by atoms with Crippen molar-refractivity contribution in [3.05, 3.63) is 60.2 Å². The lowest BCUT2D eigenvalue weighted by Gasteiger charge is -2.44. The van der Waals surface area contributed by atoms with Gasteiger partial charge in [0.2, 0.25) is 0 Å². The molecule has 3 heteroatoms. The zero-order valence-corrected chi connectivity index (χ0v) is 12.7. The summed E-state index contributed by atoms with van der Waals surface area (Å²) in [6.45, 7) is 3.80. The van der Waals surface area contributed by atoms with Crippen LogP contribution in [0, 0.1) is 0 Å². The molecule has 3 nitrogen and oxygen atoms in total. The molecule has 0 saturated carbocycles. The van der Waals surface area contributed by atoms with Gasteiger partial charge < -0.3 is 9.47 Å². The van der Waals surface area contributed by atoms with Crippen LogP contribution in [0.25, 0.3) is 0 Å². The predicted octanol–water partition coefficient (Wildman–Crippen LogP) is 3.49. The number of fused-ring (bicyclic) bond motifs is 1. The maximum absolute atomic E-state index is 6.31. The van der Waals surface area contributed by atoms with E-state index in [-0.39, 0.29) is 5.60 Å². The predicted molar refractivity (Wildman–Crippen MR) is 86.2 cm³/mol. The molecular formula is C19H21NO2. The Hall–Kier alpha value is -2.00. The highest BCUT2D eigenvalue weighted by Crippen LogP contribution is 2.39. The summed E-state index contributed by atoms with van der Waals surface area (Å²) in [5, 5.41) is 0. The molecule has 22 heavy (non-hydrogen) atoms. The minimum Gasteiger partial charge on any atom is -0.486 e. The van der Waals surface area contributed by atoms with E-state index in [0.717, 1.165) is 44.0 Å². The number of likely N-dealkylation sites (tertiary alicyclic amines) is 1. The lowest BCUT2D eigenvalue weighted by Crippen LogP contribution is -2.52. The van der Waals surface area contributed by atoms with Crippen LogP contribution in [0.15, 0.2) is 54.6 Å². The van der Waals surface area contributed by atoms with Gasteiger partial charge >= 0.3 is 0 Å². The van der Waals surface area contributed by atoms with E-state index in [9.17, 15) is 0 Å². The van der Waals surface area contributed by atoms with Gasteiger partial charge in [-0.25, -0.2) is 0 Å². The van der Waals surface area contributed by atoms with Crippen molar-refractivity contribution in [2.75, 3.05) is 19.7 Å². The van der Waals surface area contributed by atoms with E-state index in [0.29, 0.717) is 6.61 Å². The van der Waals surface area contributed by atoms with E-state index in [2.05, 4.69) is 35.2 Å². The van der Waals surface area contributed by atoms with Crippen molar-refractivity contribution in [2.45, 2.75) is 25.0 Å². The highest BCUT2D eigenvalue weighted by Gasteiger charge is 2.40. The van der Waals surface area contributed by atoms with Crippen LogP contribution in [0.3, 0.4) is 0 Å². The fourth-order valence-electron chi connectivity index (χ4n) is 3.33. The van der Waals surface area contributed by atoms with Gasteiger partial charge in [0, 0.05) is 32.5 Å². The molecule has 2 aromatic rings. The SMILES string of the molecule is c1ccc(CN2CCC3(CC2)COc2ccccc2O3)cc1. The number of rotatable bonds is 2. The molecule has 1 fully saturated rings. The Kier molecular flexibility index (Phi) is 3.51. The number of hydrogen-bond donors (Lipinski definition) is 0. The summed E-state index contributed by atoms with van der Waals surface area (Å²) in [5.74, 6) is 1.77. The average Bonchev–Trinajstić information content (AvgIpc) is 2.58. The van der Waals surface area contributed by atoms with Crippen LogP contribution in [0.5, 0.6) is 11.5 Å². The third-order valence-electron chi connectivity index (χ3n) is 4.68. The van der Waals surface area contributed by atoms with E-state index in [4.69, 9.17) is 9.47 Å². The smallest absolute Gasteiger partial charge is 0.162 e. The third-order valence-corrected chi connectivity index (χ3v) is 4.68. The molecular weight excluding hydrogens is 274 g/mol. The minimum atomic E-state index is -0.137. The number of hydrogen-bond acceptors (Lipinski definition) is 3. The zero-order chi connectivity index (χ0) is 14.8. The largest absolute Gasteiger partial charge is 0.486 e. The molecule has 2 aliphatic rings. The van der Waals surface area contributed by atoms with Crippen LogP contribution in [0.1, 0.15) is 18.4 Å². The number of nitrogens with zero attached hydrogens (tertiary/aromatic N) is 1. The second kappa shape index (κ2) is 5.65. The van der Waals surface area contributed by atoms with Gasteiger partial charge in [0.05, 0.1) is 0 Å². The van der Waals surface area contributed by atoms with Gasteiger partial charge in [0.25, 0.3) is 0 Å². The van der Waals surface area contributed by atoms with E-state index in [1.807, 2.05) is 24.3 Å². The molecule has 2 aliphatic heterocycles. The molecule has 1 saturated heterocycles. The number of benzene rings is 2. The van der Waals surface area contributed by atoms with Crippen molar-refractivity contribution in [3.63, 3.8) is 0 Å². The van der Waals surface area contributed by atoms with Crippen LogP contribution in [0.2, 0.25) is 0 Å². The van der Waals surface area contributed by atoms with E-state index < -0.39 is 0 Å². The Labute approximate surface area is 131 Å². The van der Waals surface area contributed by atoms with Gasteiger partial charge in [-0.1, -0.05) is 42.5 Å². The fourth-order valence-corrected chi connectivity index (χ4v) is 3.33. The van der Waals surface area contributed by atoms with Gasteiger partial charge in [0.1, 0.15) is 12.2 Å². The first-order valence-electron chi connectivity index (χ1n) is 8.00. The summed E-state index contributed by atoms with van der Waals surface area (Å²) in [6, 6.07) is 18.7. The number of ether oxygens (including phenoxy) is 2. The van der Waals surface area contributed by atoms with Gasteiger partial charge in [-0.05, 0) is 17.7 Å². The highest BCUT2D eigenvalue weighted by molar-refractivity contribution is 5.41. The zero-order valence-electron chi connectivity index (χ0n) is 12.7. The van der Waals surface area contributed by atoms with Crippen LogP contribution < -0.4 is 9.47 Å². The van der Waals surface area contributed by atoms with Crippen molar-refractivity contribution in [1.29, 1.82) is 0 Å². The molecule has 0 amide bonds. The Balaban J connectivity index is 1.40. The molecule has 0 unspecified atom stereocenters. The van der Waals surface area contributed by atoms with E-state index in [1.165, 1.54) is 5.56 Å². The monoisotopic (exact) mass is 295 g/mol. The lowest BCUT2D eigenvalue weighted by molar-refractivity contribution is -0.0534. The topological polar surface area (TPSA) is 21.7 Å². The summed E-state index contributed by atoms with van der Waals surface area (Å²) in [4.78, 5) is 2.50. The van der Waals surface area contributed by atoms with Crippen molar-refractivity contribution in [3.8, 4) is 11.5 Å². The Bertz CT molecular complexity index is 633. The summed E-state index contributed by atoms with van der Waals surface area (Å²) >= 11 is 0. The Morgan fingerprint density at radius 1 is 0.864 bits per heavy atom. The van der Waals surface area contributed by atoms with Crippen molar-refractivity contribution in [1.82, 2.24) is 4.90 Å². The normalized spacial score (nSPS) is 20.0. The minimum absolute atomic E-state index is 0.137. The maximum Gasteiger partial charge on any atom is 0.162 e. The first-order chi connectivity index (χ1) is 10.8. The molecule has 0 N–H and O–H groups in total. The molecule has 2 aromatic carbocycles. The molecule has 0 atom stereocenters. The van der Waals surface area contributed by atoms with Crippen molar-refractivity contribution >= 4 is 0 Å². The van der Waals surface area contributed by atoms with Crippen molar-refractivity contribution in [2.24, 2.45) is 0 Å². The molecule has 1 spiro atoms. The van der Waals surface area contributed by atoms with Crippen LogP contribution >= 0.6 is 0 Å². The Morgan fingerprint density at radius 2 is 1.55 bits per heavy atom. The summed E-state index contributed by atoms with van der Waals surface area (Å²) in [5.41, 5.74) is 1.24. The molecule has 2 heterocycles. The first kappa shape index (κ1) is 13.6. The van der Waals surface area contributed by atoms with E-state index in [1.54, 1.807) is 0 Å². The second-order valence-electron chi connectivity index (χ2n) is 6.28. The molecule has 0 bridgehead atoms. The Morgan fingerprint density at radius 3 is 2.32 bits per heavy atom. The highest BCUT2D eigenvalue weighted by atomic mass is 16.6. The number of piperidine rings is 1. The summed E-state index contributed by atoms with van der Waals surface area (Å²) < 4.78 is 12.2. The fraction of sp³-hybridized carbons (Fsp3) is 0.368. The van der Waals surface area contributed by atoms with Crippen molar-refractivity contribution < 1.29 is 9.47 Å². The molecule has 0 aromatic heterocycles. The van der Waals surface area contributed by atoms with Gasteiger partial charge in [0.15, 0.2) is 11.5 Å². The van der Waals surface area contributed by atoms with E-state index >= 15 is 0 Å². The lowest BCUT2D eigenvalue weighted by atomic mass is 9.90. The maximum atomic E-state index is 6.31. The van der Waals surface area contributed by atoms with Crippen LogP contribution in [0.4, 0.5) is 0 Å². The average molecular weight is 295 g/mol. The molecule has 0 aliphatic carbocycles. The molecule has 0 radical (unpaired) electrons. The standard InChI is InChI=1S/C19H21NO2/c1-2-6-16(7-3-1)14-20-12-10-19(11-13-20)15-21-17-8-4-5-9-18(17)22-19/h1-9H,10-15H2. The molecule has 4 rings (SSSR count). The van der Waals surface area contributed by atoms with Gasteiger partial charge in [-0.2, -0.15) is 0 Å². The molecule has 114 valence electrons. The number of para-hydroxylation sites is 2. The van der Waals surface area contributed by atoms with Gasteiger partial charge in [-0.15, -0.1) is 0 Å². The van der Waals surface area contributed by atoms with Crippen LogP contribution in [-0.2, 0) is 6.54 Å². The quantitative estimate of drug-likeness (QED) is 0.846. The van der Waals surface area contributed by atoms with Crippen LogP contribution in [-0.4, -0.2) is 30.2 Å². The first-order valence-corrected chi connectivity index (χ1v) is 8.00. The summed E-state index contributed by atoms with van der Waals surface area (Å²) in [7, 11) is 0. The third kappa shape index (κ3) is 2.69. The summed E-state index contributed by atoms with van der Waals surface area (Å²) in [6.07, 6.45) is 2.04.